The fourth-order valence-electron chi connectivity index (χ4n) is 3.15. The minimum Gasteiger partial charge on any atom is -0.380 e. The van der Waals surface area contributed by atoms with E-state index >= 15 is 0 Å². The number of methoxy groups -OCH3 is 1. The molecule has 3 atom stereocenters. The number of nitrogens with two attached hydrogens (primary N) is 1. The summed E-state index contributed by atoms with van der Waals surface area (Å²) in [4.78, 5) is 14.6. The molecule has 5 nitrogen and oxygen atoms in total. The van der Waals surface area contributed by atoms with Crippen molar-refractivity contribution in [2.24, 2.45) is 11.1 Å². The van der Waals surface area contributed by atoms with Gasteiger partial charge in [-0.2, -0.15) is 0 Å². The molecule has 1 aliphatic carbocycles. The van der Waals surface area contributed by atoms with Gasteiger partial charge in [0.1, 0.15) is 0 Å². The maximum atomic E-state index is 12.6. The van der Waals surface area contributed by atoms with E-state index in [1.807, 2.05) is 11.8 Å². The molecule has 0 heterocycles. The molecular weight excluding hydrogens is 268 g/mol. The maximum absolute atomic E-state index is 12.6. The first-order valence-corrected chi connectivity index (χ1v) is 8.06. The van der Waals surface area contributed by atoms with Gasteiger partial charge in [-0.3, -0.25) is 4.79 Å². The Balaban J connectivity index is 2.72. The Bertz CT molecular complexity index is 329. The van der Waals surface area contributed by atoms with Crippen molar-refractivity contribution in [1.29, 1.82) is 0 Å². The summed E-state index contributed by atoms with van der Waals surface area (Å²) in [6, 6.07) is 0.247. The Morgan fingerprint density at radius 3 is 2.52 bits per heavy atom. The van der Waals surface area contributed by atoms with Crippen molar-refractivity contribution < 1.29 is 14.3 Å². The number of hydrogen-bond acceptors (Lipinski definition) is 4. The molecule has 0 aromatic heterocycles. The summed E-state index contributed by atoms with van der Waals surface area (Å²) in [5, 5.41) is 0. The fraction of sp³-hybridized carbons (Fsp3) is 0.938. The Morgan fingerprint density at radius 2 is 2.10 bits per heavy atom. The van der Waals surface area contributed by atoms with Crippen molar-refractivity contribution in [3.8, 4) is 0 Å². The molecule has 2 N–H and O–H groups in total. The molecule has 0 bridgehead atoms. The van der Waals surface area contributed by atoms with Crippen LogP contribution in [0.4, 0.5) is 0 Å². The zero-order chi connectivity index (χ0) is 16.0. The average Bonchev–Trinajstić information content (AvgIpc) is 2.46. The van der Waals surface area contributed by atoms with Crippen LogP contribution in [0.3, 0.4) is 0 Å². The van der Waals surface area contributed by atoms with Gasteiger partial charge in [0.25, 0.3) is 0 Å². The third-order valence-electron chi connectivity index (χ3n) is 4.65. The second-order valence-electron chi connectivity index (χ2n) is 6.40. The monoisotopic (exact) mass is 300 g/mol. The third kappa shape index (κ3) is 4.18. The van der Waals surface area contributed by atoms with Crippen LogP contribution in [0.2, 0.25) is 0 Å². The normalized spacial score (nSPS) is 25.2. The molecule has 0 spiro atoms. The summed E-state index contributed by atoms with van der Waals surface area (Å²) < 4.78 is 11.0. The minimum absolute atomic E-state index is 0.00607. The van der Waals surface area contributed by atoms with E-state index in [2.05, 4.69) is 20.8 Å². The Kier molecular flexibility index (Phi) is 7.10. The topological polar surface area (TPSA) is 64.8 Å². The number of ether oxygens (including phenoxy) is 2. The van der Waals surface area contributed by atoms with Gasteiger partial charge in [-0.15, -0.1) is 0 Å². The third-order valence-corrected chi connectivity index (χ3v) is 4.65. The van der Waals surface area contributed by atoms with E-state index < -0.39 is 0 Å². The Morgan fingerprint density at radius 1 is 1.43 bits per heavy atom. The van der Waals surface area contributed by atoms with Crippen molar-refractivity contribution in [2.45, 2.75) is 65.2 Å². The Labute approximate surface area is 129 Å². The van der Waals surface area contributed by atoms with Crippen LogP contribution < -0.4 is 5.73 Å². The van der Waals surface area contributed by atoms with Crippen LogP contribution in [-0.4, -0.2) is 55.9 Å². The zero-order valence-electron chi connectivity index (χ0n) is 14.2. The van der Waals surface area contributed by atoms with Crippen LogP contribution in [0.5, 0.6) is 0 Å². The molecular formula is C16H32N2O3. The van der Waals surface area contributed by atoms with Crippen molar-refractivity contribution >= 4 is 5.91 Å². The van der Waals surface area contributed by atoms with Gasteiger partial charge in [0.2, 0.25) is 5.91 Å². The van der Waals surface area contributed by atoms with E-state index in [4.69, 9.17) is 15.2 Å². The van der Waals surface area contributed by atoms with E-state index in [1.54, 1.807) is 7.11 Å². The van der Waals surface area contributed by atoms with Crippen molar-refractivity contribution in [1.82, 2.24) is 4.90 Å². The predicted octanol–water partition coefficient (Wildman–Crippen LogP) is 1.79. The van der Waals surface area contributed by atoms with Crippen molar-refractivity contribution in [2.75, 3.05) is 26.8 Å². The predicted molar refractivity (Wildman–Crippen MR) is 84.1 cm³/mol. The van der Waals surface area contributed by atoms with Crippen LogP contribution in [0.25, 0.3) is 0 Å². The summed E-state index contributed by atoms with van der Waals surface area (Å²) in [5.41, 5.74) is 5.63. The highest BCUT2D eigenvalue weighted by Crippen LogP contribution is 2.46. The smallest absolute Gasteiger partial charge is 0.225 e. The lowest BCUT2D eigenvalue weighted by Crippen LogP contribution is -2.63. The second kappa shape index (κ2) is 8.11. The summed E-state index contributed by atoms with van der Waals surface area (Å²) in [6.07, 6.45) is 2.29. The molecule has 21 heavy (non-hydrogen) atoms. The van der Waals surface area contributed by atoms with Crippen LogP contribution in [0.15, 0.2) is 0 Å². The highest BCUT2D eigenvalue weighted by Gasteiger charge is 2.52. The van der Waals surface area contributed by atoms with Gasteiger partial charge in [0, 0.05) is 38.3 Å². The van der Waals surface area contributed by atoms with Crippen molar-refractivity contribution in [3.05, 3.63) is 0 Å². The molecule has 3 unspecified atom stereocenters. The van der Waals surface area contributed by atoms with Gasteiger partial charge in [0.05, 0.1) is 18.6 Å². The first kappa shape index (κ1) is 18.4. The summed E-state index contributed by atoms with van der Waals surface area (Å²) >= 11 is 0. The van der Waals surface area contributed by atoms with Crippen LogP contribution in [-0.2, 0) is 14.3 Å². The van der Waals surface area contributed by atoms with Gasteiger partial charge in [-0.25, -0.2) is 0 Å². The number of nitrogens with zero attached hydrogens (tertiary/aromatic N) is 1. The summed E-state index contributed by atoms with van der Waals surface area (Å²) in [6.45, 7) is 10.4. The first-order valence-electron chi connectivity index (χ1n) is 8.06. The van der Waals surface area contributed by atoms with Crippen LogP contribution >= 0.6 is 0 Å². The van der Waals surface area contributed by atoms with E-state index in [1.165, 1.54) is 0 Å². The number of carbonyl (C=O) groups excluding carboxylic acids is 1. The van der Waals surface area contributed by atoms with E-state index in [0.717, 1.165) is 26.0 Å². The highest BCUT2D eigenvalue weighted by molar-refractivity contribution is 5.77. The summed E-state index contributed by atoms with van der Waals surface area (Å²) in [5.74, 6) is 0.141. The lowest BCUT2D eigenvalue weighted by Gasteiger charge is -2.55. The average molecular weight is 300 g/mol. The molecule has 0 aromatic rings. The number of amides is 1. The molecule has 124 valence electrons. The molecule has 0 aromatic carbocycles. The lowest BCUT2D eigenvalue weighted by atomic mass is 9.63. The highest BCUT2D eigenvalue weighted by atomic mass is 16.5. The van der Waals surface area contributed by atoms with E-state index in [0.29, 0.717) is 13.0 Å². The molecule has 1 saturated carbocycles. The van der Waals surface area contributed by atoms with Gasteiger partial charge in [0.15, 0.2) is 0 Å². The second-order valence-corrected chi connectivity index (χ2v) is 6.40. The summed E-state index contributed by atoms with van der Waals surface area (Å²) in [7, 11) is 1.60. The molecule has 1 fully saturated rings. The molecule has 1 rings (SSSR count). The molecule has 0 saturated heterocycles. The first-order chi connectivity index (χ1) is 9.92. The van der Waals surface area contributed by atoms with Crippen molar-refractivity contribution in [3.63, 3.8) is 0 Å². The van der Waals surface area contributed by atoms with Gasteiger partial charge >= 0.3 is 0 Å². The van der Waals surface area contributed by atoms with Crippen LogP contribution in [0.1, 0.15) is 47.0 Å². The van der Waals surface area contributed by atoms with Gasteiger partial charge < -0.3 is 20.1 Å². The lowest BCUT2D eigenvalue weighted by molar-refractivity contribution is -0.168. The Hall–Kier alpha value is -0.650. The maximum Gasteiger partial charge on any atom is 0.225 e. The molecule has 1 aliphatic rings. The molecule has 5 heteroatoms. The standard InChI is InChI=1S/C16H32N2O3/c1-6-8-18(15(19)9-12(11-17)20-5)13-10-14(21-7-2)16(13,3)4/h12-14H,6-11,17H2,1-5H3. The van der Waals surface area contributed by atoms with Crippen LogP contribution in [0, 0.1) is 5.41 Å². The van der Waals surface area contributed by atoms with Gasteiger partial charge in [-0.1, -0.05) is 20.8 Å². The van der Waals surface area contributed by atoms with E-state index in [-0.39, 0.29) is 29.6 Å². The number of rotatable bonds is 9. The number of carbonyl (C=O) groups is 1. The molecule has 1 amide bonds. The fourth-order valence-corrected chi connectivity index (χ4v) is 3.15. The largest absolute Gasteiger partial charge is 0.380 e. The minimum atomic E-state index is -0.192. The zero-order valence-corrected chi connectivity index (χ0v) is 14.2. The quantitative estimate of drug-likeness (QED) is 0.705. The van der Waals surface area contributed by atoms with Gasteiger partial charge in [-0.05, 0) is 19.8 Å². The number of hydrogen-bond donors (Lipinski definition) is 1. The molecule has 0 aliphatic heterocycles. The molecule has 0 radical (unpaired) electrons. The SMILES string of the molecule is CCCN(C(=O)CC(CN)OC)C1CC(OCC)C1(C)C. The van der Waals surface area contributed by atoms with E-state index in [9.17, 15) is 4.79 Å².